The molecule has 1 aliphatic rings. The molecule has 1 aromatic rings. The first-order valence-corrected chi connectivity index (χ1v) is 8.49. The number of carbonyl (C=O) groups is 2. The van der Waals surface area contributed by atoms with E-state index < -0.39 is 0 Å². The Kier molecular flexibility index (Phi) is 6.30. The molecular formula is C17H18ClNO3S. The minimum Gasteiger partial charge on any atom is -0.496 e. The Morgan fingerprint density at radius 3 is 2.87 bits per heavy atom. The van der Waals surface area contributed by atoms with Crippen molar-refractivity contribution in [1.29, 1.82) is 0 Å². The fraction of sp³-hybridized carbons (Fsp3) is 0.294. The number of benzene rings is 1. The first kappa shape index (κ1) is 17.6. The predicted octanol–water partition coefficient (Wildman–Crippen LogP) is 4.26. The SMILES string of the molecule is CCCCN1C=C(C=O)S/C1=C\C(=O)c1cc(Cl)ccc1OC. The van der Waals surface area contributed by atoms with Crippen molar-refractivity contribution < 1.29 is 14.3 Å². The highest BCUT2D eigenvalue weighted by Gasteiger charge is 2.21. The second-order valence-electron chi connectivity index (χ2n) is 4.99. The molecule has 0 atom stereocenters. The van der Waals surface area contributed by atoms with Gasteiger partial charge in [0.1, 0.15) is 5.75 Å². The second kappa shape index (κ2) is 8.22. The molecule has 2 rings (SSSR count). The van der Waals surface area contributed by atoms with Crippen molar-refractivity contribution in [3.05, 3.63) is 51.0 Å². The summed E-state index contributed by atoms with van der Waals surface area (Å²) in [6.45, 7) is 2.87. The van der Waals surface area contributed by atoms with Crippen LogP contribution < -0.4 is 4.74 Å². The Morgan fingerprint density at radius 2 is 2.22 bits per heavy atom. The van der Waals surface area contributed by atoms with Crippen LogP contribution >= 0.6 is 23.4 Å². The summed E-state index contributed by atoms with van der Waals surface area (Å²) < 4.78 is 5.22. The summed E-state index contributed by atoms with van der Waals surface area (Å²) in [5.74, 6) is 0.275. The zero-order chi connectivity index (χ0) is 16.8. The van der Waals surface area contributed by atoms with Gasteiger partial charge in [-0.3, -0.25) is 9.59 Å². The Balaban J connectivity index is 2.27. The minimum absolute atomic E-state index is 0.200. The molecule has 0 saturated heterocycles. The Labute approximate surface area is 145 Å². The van der Waals surface area contributed by atoms with Gasteiger partial charge in [0.25, 0.3) is 0 Å². The summed E-state index contributed by atoms with van der Waals surface area (Å²) in [6, 6.07) is 4.93. The molecule has 0 radical (unpaired) electrons. The van der Waals surface area contributed by atoms with Crippen LogP contribution in [0.3, 0.4) is 0 Å². The van der Waals surface area contributed by atoms with Gasteiger partial charge in [-0.1, -0.05) is 36.7 Å². The highest BCUT2D eigenvalue weighted by molar-refractivity contribution is 8.07. The molecule has 0 saturated carbocycles. The summed E-state index contributed by atoms with van der Waals surface area (Å²) in [5.41, 5.74) is 0.406. The molecule has 0 amide bonds. The molecule has 6 heteroatoms. The lowest BCUT2D eigenvalue weighted by Gasteiger charge is -2.16. The minimum atomic E-state index is -0.200. The van der Waals surface area contributed by atoms with Crippen LogP contribution in [-0.2, 0) is 4.79 Å². The van der Waals surface area contributed by atoms with E-state index in [1.54, 1.807) is 24.4 Å². The number of thioether (sulfide) groups is 1. The lowest BCUT2D eigenvalue weighted by molar-refractivity contribution is -0.104. The molecule has 0 aliphatic carbocycles. The van der Waals surface area contributed by atoms with E-state index >= 15 is 0 Å². The average Bonchev–Trinajstić information content (AvgIpc) is 2.94. The van der Waals surface area contributed by atoms with Gasteiger partial charge >= 0.3 is 0 Å². The molecule has 122 valence electrons. The van der Waals surface area contributed by atoms with Gasteiger partial charge in [0.2, 0.25) is 0 Å². The molecule has 0 spiro atoms. The van der Waals surface area contributed by atoms with Gasteiger partial charge in [0, 0.05) is 23.8 Å². The van der Waals surface area contributed by atoms with E-state index in [1.165, 1.54) is 24.9 Å². The van der Waals surface area contributed by atoms with Crippen molar-refractivity contribution in [3.63, 3.8) is 0 Å². The number of methoxy groups -OCH3 is 1. The number of hydrogen-bond acceptors (Lipinski definition) is 5. The normalized spacial score (nSPS) is 15.7. The van der Waals surface area contributed by atoms with Gasteiger partial charge in [-0.05, 0) is 24.6 Å². The number of ketones is 1. The molecule has 1 aromatic carbocycles. The van der Waals surface area contributed by atoms with Crippen LogP contribution in [0.25, 0.3) is 0 Å². The maximum absolute atomic E-state index is 12.6. The van der Waals surface area contributed by atoms with E-state index in [2.05, 4.69) is 6.92 Å². The van der Waals surface area contributed by atoms with Gasteiger partial charge in [0.15, 0.2) is 12.1 Å². The number of ether oxygens (including phenoxy) is 1. The fourth-order valence-corrected chi connectivity index (χ4v) is 3.22. The topological polar surface area (TPSA) is 46.6 Å². The van der Waals surface area contributed by atoms with E-state index in [1.807, 2.05) is 4.90 Å². The molecule has 1 heterocycles. The third kappa shape index (κ3) is 4.39. The number of halogens is 1. The highest BCUT2D eigenvalue weighted by Crippen LogP contribution is 2.36. The van der Waals surface area contributed by atoms with Crippen LogP contribution in [0.4, 0.5) is 0 Å². The number of aldehydes is 1. The first-order chi connectivity index (χ1) is 11.1. The number of nitrogens with zero attached hydrogens (tertiary/aromatic N) is 1. The molecule has 0 aromatic heterocycles. The van der Waals surface area contributed by atoms with Crippen molar-refractivity contribution in [2.45, 2.75) is 19.8 Å². The van der Waals surface area contributed by atoms with Gasteiger partial charge in [-0.2, -0.15) is 0 Å². The van der Waals surface area contributed by atoms with E-state index in [9.17, 15) is 9.59 Å². The fourth-order valence-electron chi connectivity index (χ4n) is 2.16. The quantitative estimate of drug-likeness (QED) is 0.417. The van der Waals surface area contributed by atoms with Gasteiger partial charge in [-0.25, -0.2) is 0 Å². The van der Waals surface area contributed by atoms with Crippen molar-refractivity contribution >= 4 is 35.4 Å². The molecule has 23 heavy (non-hydrogen) atoms. The van der Waals surface area contributed by atoms with E-state index in [0.717, 1.165) is 30.7 Å². The lowest BCUT2D eigenvalue weighted by Crippen LogP contribution is -2.14. The van der Waals surface area contributed by atoms with E-state index in [-0.39, 0.29) is 5.78 Å². The Morgan fingerprint density at radius 1 is 1.43 bits per heavy atom. The summed E-state index contributed by atoms with van der Waals surface area (Å²) >= 11 is 7.27. The lowest BCUT2D eigenvalue weighted by atomic mass is 10.1. The Hall–Kier alpha value is -1.72. The zero-order valence-electron chi connectivity index (χ0n) is 13.0. The monoisotopic (exact) mass is 351 g/mol. The number of hydrogen-bond donors (Lipinski definition) is 0. The maximum atomic E-state index is 12.6. The average molecular weight is 352 g/mol. The zero-order valence-corrected chi connectivity index (χ0v) is 14.6. The molecule has 4 nitrogen and oxygen atoms in total. The molecule has 0 bridgehead atoms. The Bertz CT molecular complexity index is 670. The standard InChI is InChI=1S/C17H18ClNO3S/c1-3-4-7-19-10-13(11-20)23-17(19)9-15(21)14-8-12(18)5-6-16(14)22-2/h5-6,8-11H,3-4,7H2,1-2H3/b17-9-. The van der Waals surface area contributed by atoms with Crippen molar-refractivity contribution in [2.24, 2.45) is 0 Å². The predicted molar refractivity (Wildman–Crippen MR) is 93.8 cm³/mol. The van der Waals surface area contributed by atoms with Crippen molar-refractivity contribution in [1.82, 2.24) is 4.90 Å². The van der Waals surface area contributed by atoms with Crippen molar-refractivity contribution in [2.75, 3.05) is 13.7 Å². The van der Waals surface area contributed by atoms with Crippen LogP contribution in [-0.4, -0.2) is 30.6 Å². The van der Waals surface area contributed by atoms with Crippen LogP contribution in [0.15, 0.2) is 40.4 Å². The summed E-state index contributed by atoms with van der Waals surface area (Å²) in [4.78, 5) is 26.1. The molecule has 0 fully saturated rings. The number of rotatable bonds is 7. The molecule has 0 unspecified atom stereocenters. The smallest absolute Gasteiger partial charge is 0.192 e. The molecule has 1 aliphatic heterocycles. The van der Waals surface area contributed by atoms with Crippen LogP contribution in [0, 0.1) is 0 Å². The summed E-state index contributed by atoms with van der Waals surface area (Å²) in [7, 11) is 1.51. The van der Waals surface area contributed by atoms with Crippen LogP contribution in [0.5, 0.6) is 5.75 Å². The van der Waals surface area contributed by atoms with Gasteiger partial charge < -0.3 is 9.64 Å². The molecular weight excluding hydrogens is 334 g/mol. The van der Waals surface area contributed by atoms with Gasteiger partial charge in [0.05, 0.1) is 22.6 Å². The van der Waals surface area contributed by atoms with E-state index in [0.29, 0.717) is 21.2 Å². The largest absolute Gasteiger partial charge is 0.496 e. The molecule has 0 N–H and O–H groups in total. The summed E-state index contributed by atoms with van der Waals surface area (Å²) in [5, 5.41) is 1.22. The van der Waals surface area contributed by atoms with Crippen LogP contribution in [0.1, 0.15) is 30.1 Å². The summed E-state index contributed by atoms with van der Waals surface area (Å²) in [6.07, 6.45) is 6.13. The highest BCUT2D eigenvalue weighted by atomic mass is 35.5. The number of carbonyl (C=O) groups excluding carboxylic acids is 2. The third-order valence-corrected chi connectivity index (χ3v) is 4.57. The number of allylic oxidation sites excluding steroid dienone is 2. The second-order valence-corrected chi connectivity index (χ2v) is 6.52. The third-order valence-electron chi connectivity index (χ3n) is 3.34. The van der Waals surface area contributed by atoms with Crippen LogP contribution in [0.2, 0.25) is 5.02 Å². The first-order valence-electron chi connectivity index (χ1n) is 7.30. The number of unbranched alkanes of at least 4 members (excludes halogenated alkanes) is 1. The van der Waals surface area contributed by atoms with Gasteiger partial charge in [-0.15, -0.1) is 0 Å². The maximum Gasteiger partial charge on any atom is 0.192 e. The van der Waals surface area contributed by atoms with E-state index in [4.69, 9.17) is 16.3 Å². The van der Waals surface area contributed by atoms with Crippen molar-refractivity contribution in [3.8, 4) is 5.75 Å².